The standard InChI is InChI=1S/C16H17BrN2O3.ClH/c1-16(2,3)22-19-14(15-13(21)5-4-8-18-15)11-9-10(17)6-7-12(11)20;/h4-9,20-21H,1-3H3;1H/b19-14+;. The minimum absolute atomic E-state index is 0. The molecule has 7 heteroatoms. The number of rotatable bonds is 3. The van der Waals surface area contributed by atoms with Crippen molar-refractivity contribution >= 4 is 34.0 Å². The van der Waals surface area contributed by atoms with E-state index in [1.54, 1.807) is 18.2 Å². The molecular weight excluding hydrogens is 384 g/mol. The van der Waals surface area contributed by atoms with Gasteiger partial charge in [-0.05, 0) is 51.1 Å². The van der Waals surface area contributed by atoms with Crippen LogP contribution in [0.15, 0.2) is 46.2 Å². The number of aromatic hydroxyl groups is 2. The van der Waals surface area contributed by atoms with Gasteiger partial charge in [-0.15, -0.1) is 12.4 Å². The first kappa shape index (κ1) is 19.3. The monoisotopic (exact) mass is 400 g/mol. The third-order valence-electron chi connectivity index (χ3n) is 2.64. The van der Waals surface area contributed by atoms with Crippen molar-refractivity contribution in [1.29, 1.82) is 0 Å². The van der Waals surface area contributed by atoms with Crippen LogP contribution in [0.1, 0.15) is 32.0 Å². The van der Waals surface area contributed by atoms with Crippen LogP contribution in [0.2, 0.25) is 0 Å². The molecule has 0 unspecified atom stereocenters. The maximum absolute atomic E-state index is 10.1. The molecule has 23 heavy (non-hydrogen) atoms. The van der Waals surface area contributed by atoms with Crippen LogP contribution in [0.4, 0.5) is 0 Å². The molecule has 2 N–H and O–H groups in total. The molecule has 5 nitrogen and oxygen atoms in total. The fourth-order valence-corrected chi connectivity index (χ4v) is 2.04. The van der Waals surface area contributed by atoms with Gasteiger partial charge < -0.3 is 15.1 Å². The molecular formula is C16H18BrClN2O3. The van der Waals surface area contributed by atoms with Gasteiger partial charge in [0.15, 0.2) is 0 Å². The second-order valence-electron chi connectivity index (χ2n) is 5.68. The summed E-state index contributed by atoms with van der Waals surface area (Å²) in [6.07, 6.45) is 1.54. The van der Waals surface area contributed by atoms with Crippen LogP contribution in [-0.4, -0.2) is 26.5 Å². The molecule has 0 radical (unpaired) electrons. The first-order chi connectivity index (χ1) is 10.3. The normalized spacial score (nSPS) is 11.7. The quantitative estimate of drug-likeness (QED) is 0.596. The third-order valence-corrected chi connectivity index (χ3v) is 3.13. The van der Waals surface area contributed by atoms with Gasteiger partial charge in [0, 0.05) is 16.2 Å². The van der Waals surface area contributed by atoms with Crippen molar-refractivity contribution in [2.24, 2.45) is 5.16 Å². The number of nitrogens with zero attached hydrogens (tertiary/aromatic N) is 2. The van der Waals surface area contributed by atoms with Crippen LogP contribution in [-0.2, 0) is 4.84 Å². The summed E-state index contributed by atoms with van der Waals surface area (Å²) in [7, 11) is 0. The van der Waals surface area contributed by atoms with E-state index in [4.69, 9.17) is 4.84 Å². The van der Waals surface area contributed by atoms with E-state index < -0.39 is 5.60 Å². The summed E-state index contributed by atoms with van der Waals surface area (Å²) in [5, 5.41) is 24.3. The number of benzene rings is 1. The summed E-state index contributed by atoms with van der Waals surface area (Å²) < 4.78 is 0.763. The van der Waals surface area contributed by atoms with Crippen LogP contribution < -0.4 is 0 Å². The molecule has 2 rings (SSSR count). The zero-order valence-electron chi connectivity index (χ0n) is 12.9. The summed E-state index contributed by atoms with van der Waals surface area (Å²) in [6, 6.07) is 8.05. The lowest BCUT2D eigenvalue weighted by atomic mass is 10.1. The highest BCUT2D eigenvalue weighted by molar-refractivity contribution is 9.10. The highest BCUT2D eigenvalue weighted by atomic mass is 79.9. The molecule has 1 aromatic heterocycles. The Labute approximate surface area is 149 Å². The molecule has 0 amide bonds. The van der Waals surface area contributed by atoms with Crippen LogP contribution in [0, 0.1) is 0 Å². The van der Waals surface area contributed by atoms with Gasteiger partial charge in [-0.2, -0.15) is 0 Å². The van der Waals surface area contributed by atoms with Crippen molar-refractivity contribution in [3.63, 3.8) is 0 Å². The van der Waals surface area contributed by atoms with Gasteiger partial charge in [0.2, 0.25) is 0 Å². The lowest BCUT2D eigenvalue weighted by Gasteiger charge is -2.17. The lowest BCUT2D eigenvalue weighted by Crippen LogP contribution is -2.18. The molecule has 124 valence electrons. The summed E-state index contributed by atoms with van der Waals surface area (Å²) in [6.45, 7) is 5.56. The molecule has 0 fully saturated rings. The summed E-state index contributed by atoms with van der Waals surface area (Å²) >= 11 is 3.36. The molecule has 1 aromatic carbocycles. The number of hydrogen-bond acceptors (Lipinski definition) is 5. The predicted molar refractivity (Wildman–Crippen MR) is 95.4 cm³/mol. The number of hydrogen-bond donors (Lipinski definition) is 2. The molecule has 0 saturated heterocycles. The largest absolute Gasteiger partial charge is 0.507 e. The van der Waals surface area contributed by atoms with E-state index in [2.05, 4.69) is 26.1 Å². The molecule has 0 aliphatic heterocycles. The highest BCUT2D eigenvalue weighted by Crippen LogP contribution is 2.28. The van der Waals surface area contributed by atoms with Gasteiger partial charge in [0.25, 0.3) is 0 Å². The van der Waals surface area contributed by atoms with E-state index in [-0.39, 0.29) is 35.3 Å². The molecule has 0 bridgehead atoms. The van der Waals surface area contributed by atoms with Crippen LogP contribution in [0.5, 0.6) is 11.5 Å². The van der Waals surface area contributed by atoms with E-state index in [0.717, 1.165) is 4.47 Å². The van der Waals surface area contributed by atoms with Crippen molar-refractivity contribution in [2.75, 3.05) is 0 Å². The minimum atomic E-state index is -0.517. The van der Waals surface area contributed by atoms with Gasteiger partial charge in [0.05, 0.1) is 0 Å². The maximum atomic E-state index is 10.1. The number of aromatic nitrogens is 1. The first-order valence-electron chi connectivity index (χ1n) is 6.67. The Bertz CT molecular complexity index is 715. The molecule has 1 heterocycles. The smallest absolute Gasteiger partial charge is 0.143 e. The Morgan fingerprint density at radius 2 is 1.87 bits per heavy atom. The van der Waals surface area contributed by atoms with E-state index in [0.29, 0.717) is 5.56 Å². The summed E-state index contributed by atoms with van der Waals surface area (Å²) in [5.41, 5.74) is 0.386. The van der Waals surface area contributed by atoms with Crippen molar-refractivity contribution in [3.05, 3.63) is 52.3 Å². The Kier molecular flexibility index (Phi) is 6.41. The molecule has 2 aromatic rings. The van der Waals surface area contributed by atoms with Crippen molar-refractivity contribution in [2.45, 2.75) is 26.4 Å². The van der Waals surface area contributed by atoms with Gasteiger partial charge in [-0.25, -0.2) is 0 Å². The van der Waals surface area contributed by atoms with Crippen molar-refractivity contribution in [3.8, 4) is 11.5 Å². The zero-order valence-corrected chi connectivity index (χ0v) is 15.3. The topological polar surface area (TPSA) is 74.9 Å². The summed E-state index contributed by atoms with van der Waals surface area (Å²) in [5.74, 6) is -0.0253. The zero-order chi connectivity index (χ0) is 16.3. The Balaban J connectivity index is 0.00000264. The average Bonchev–Trinajstić information content (AvgIpc) is 2.43. The number of halogens is 2. The first-order valence-corrected chi connectivity index (χ1v) is 7.46. The van der Waals surface area contributed by atoms with E-state index in [9.17, 15) is 10.2 Å². The van der Waals surface area contributed by atoms with E-state index >= 15 is 0 Å². The van der Waals surface area contributed by atoms with Crippen molar-refractivity contribution < 1.29 is 15.1 Å². The number of oxime groups is 1. The Hall–Kier alpha value is -1.79. The predicted octanol–water partition coefficient (Wildman–Crippen LogP) is 4.24. The Morgan fingerprint density at radius 3 is 2.48 bits per heavy atom. The molecule has 0 saturated carbocycles. The average molecular weight is 402 g/mol. The number of pyridine rings is 1. The number of phenols is 1. The highest BCUT2D eigenvalue weighted by Gasteiger charge is 2.20. The second-order valence-corrected chi connectivity index (χ2v) is 6.59. The molecule has 0 aliphatic carbocycles. The molecule has 0 atom stereocenters. The van der Waals surface area contributed by atoms with E-state index in [1.165, 1.54) is 18.3 Å². The SMILES string of the molecule is CC(C)(C)O/N=C(\c1cc(Br)ccc1O)c1ncccc1O.Cl. The van der Waals surface area contributed by atoms with Crippen molar-refractivity contribution in [1.82, 2.24) is 4.98 Å². The fraction of sp³-hybridized carbons (Fsp3) is 0.250. The van der Waals surface area contributed by atoms with Crippen LogP contribution >= 0.6 is 28.3 Å². The number of phenolic OH excluding ortho intramolecular Hbond substituents is 1. The van der Waals surface area contributed by atoms with Crippen LogP contribution in [0.3, 0.4) is 0 Å². The third kappa shape index (κ3) is 5.11. The van der Waals surface area contributed by atoms with Gasteiger partial charge in [0.1, 0.15) is 28.5 Å². The minimum Gasteiger partial charge on any atom is -0.507 e. The molecule has 0 spiro atoms. The fourth-order valence-electron chi connectivity index (χ4n) is 1.68. The maximum Gasteiger partial charge on any atom is 0.143 e. The van der Waals surface area contributed by atoms with Gasteiger partial charge >= 0.3 is 0 Å². The summed E-state index contributed by atoms with van der Waals surface area (Å²) in [4.78, 5) is 9.60. The van der Waals surface area contributed by atoms with Gasteiger partial charge in [-0.1, -0.05) is 21.1 Å². The van der Waals surface area contributed by atoms with Crippen LogP contribution in [0.25, 0.3) is 0 Å². The Morgan fingerprint density at radius 1 is 1.17 bits per heavy atom. The van der Waals surface area contributed by atoms with Gasteiger partial charge in [-0.3, -0.25) is 4.98 Å². The van der Waals surface area contributed by atoms with E-state index in [1.807, 2.05) is 20.8 Å². The lowest BCUT2D eigenvalue weighted by molar-refractivity contribution is 0.00109. The molecule has 0 aliphatic rings. The second kappa shape index (κ2) is 7.66.